The molecule has 0 N–H and O–H groups in total. The smallest absolute Gasteiger partial charge is 0.260 e. The van der Waals surface area contributed by atoms with Crippen molar-refractivity contribution in [3.8, 4) is 34.1 Å². The molecular weight excluding hydrogens is 667 g/mol. The van der Waals surface area contributed by atoms with Gasteiger partial charge in [0.05, 0.1) is 0 Å². The second kappa shape index (κ2) is 11.1. The second-order valence-corrected chi connectivity index (χ2v) is 22.7. The molecule has 0 atom stereocenters. The van der Waals surface area contributed by atoms with Crippen LogP contribution in [0, 0.1) is 35.5 Å². The Morgan fingerprint density at radius 2 is 0.873 bits per heavy atom. The summed E-state index contributed by atoms with van der Waals surface area (Å²) in [5.74, 6) is 9.43. The third-order valence-electron chi connectivity index (χ3n) is 16.8. The summed E-state index contributed by atoms with van der Waals surface area (Å²) in [6.45, 7) is 14.0. The number of fused-ring (bicyclic) bond motifs is 4. The molecule has 3 heteroatoms. The van der Waals surface area contributed by atoms with Crippen molar-refractivity contribution in [1.82, 2.24) is 0 Å². The molecule has 282 valence electrons. The van der Waals surface area contributed by atoms with Crippen LogP contribution in [0.5, 0.6) is 23.0 Å². The van der Waals surface area contributed by atoms with Gasteiger partial charge in [-0.3, -0.25) is 0 Å². The first-order chi connectivity index (χ1) is 26.3. The van der Waals surface area contributed by atoms with Crippen LogP contribution in [0.1, 0.15) is 141 Å². The van der Waals surface area contributed by atoms with Crippen molar-refractivity contribution in [3.63, 3.8) is 0 Å². The lowest BCUT2D eigenvalue weighted by molar-refractivity contribution is -0.00783. The molecule has 8 saturated carbocycles. The summed E-state index contributed by atoms with van der Waals surface area (Å²) in [6, 6.07) is 26.7. The lowest BCUT2D eigenvalue weighted by atomic mass is 9.34. The van der Waals surface area contributed by atoms with Crippen molar-refractivity contribution < 1.29 is 9.47 Å². The molecule has 4 aromatic carbocycles. The van der Waals surface area contributed by atoms with Gasteiger partial charge in [0.1, 0.15) is 23.0 Å². The van der Waals surface area contributed by atoms with E-state index in [0.29, 0.717) is 10.8 Å². The van der Waals surface area contributed by atoms with Gasteiger partial charge in [-0.15, -0.1) is 0 Å². The van der Waals surface area contributed by atoms with Crippen LogP contribution in [0.2, 0.25) is 0 Å². The summed E-state index contributed by atoms with van der Waals surface area (Å²) in [5, 5.41) is 0. The molecule has 0 radical (unpaired) electrons. The molecule has 8 bridgehead atoms. The SMILES string of the molecule is CC(C)(C)c1ccc2c(c1)B1c3cc(C(C)(C)C)ccc3Oc3cc(-c4c(C56CC7CC(CC(C7)C5)C6)cccc4C45CC6CC(CC(C6)C4)C5)cc(c31)O2. The molecule has 10 aliphatic rings. The van der Waals surface area contributed by atoms with E-state index in [0.717, 1.165) is 58.5 Å². The van der Waals surface area contributed by atoms with Crippen molar-refractivity contribution in [2.45, 2.75) is 140 Å². The van der Waals surface area contributed by atoms with E-state index in [4.69, 9.17) is 9.47 Å². The maximum absolute atomic E-state index is 7.16. The van der Waals surface area contributed by atoms with Crippen molar-refractivity contribution >= 4 is 23.1 Å². The maximum atomic E-state index is 7.16. The highest BCUT2D eigenvalue weighted by atomic mass is 16.5. The van der Waals surface area contributed by atoms with Gasteiger partial charge in [-0.2, -0.15) is 0 Å². The van der Waals surface area contributed by atoms with Gasteiger partial charge in [0, 0.05) is 5.46 Å². The van der Waals surface area contributed by atoms with E-state index in [9.17, 15) is 0 Å². The molecule has 2 aliphatic heterocycles. The summed E-state index contributed by atoms with van der Waals surface area (Å²) < 4.78 is 14.3. The number of benzene rings is 4. The van der Waals surface area contributed by atoms with Crippen LogP contribution < -0.4 is 25.9 Å². The maximum Gasteiger partial charge on any atom is 0.260 e. The molecule has 0 spiro atoms. The predicted molar refractivity (Wildman–Crippen MR) is 227 cm³/mol. The van der Waals surface area contributed by atoms with Gasteiger partial charge in [-0.05, 0) is 203 Å². The van der Waals surface area contributed by atoms with Crippen LogP contribution in [0.3, 0.4) is 0 Å². The van der Waals surface area contributed by atoms with E-state index in [1.165, 1.54) is 110 Å². The van der Waals surface area contributed by atoms with Crippen LogP contribution in [-0.2, 0) is 21.7 Å². The summed E-state index contributed by atoms with van der Waals surface area (Å²) in [4.78, 5) is 0. The van der Waals surface area contributed by atoms with Crippen LogP contribution in [0.25, 0.3) is 11.1 Å². The first-order valence-electron chi connectivity index (χ1n) is 22.3. The molecular formula is C52H59BO2. The van der Waals surface area contributed by atoms with E-state index in [-0.39, 0.29) is 17.5 Å². The third-order valence-corrected chi connectivity index (χ3v) is 16.8. The Morgan fingerprint density at radius 1 is 0.491 bits per heavy atom. The predicted octanol–water partition coefficient (Wildman–Crippen LogP) is 11.6. The number of hydrogen-bond donors (Lipinski definition) is 0. The van der Waals surface area contributed by atoms with Gasteiger partial charge in [-0.1, -0.05) is 84.0 Å². The largest absolute Gasteiger partial charge is 0.458 e. The molecule has 14 rings (SSSR count). The van der Waals surface area contributed by atoms with Gasteiger partial charge >= 0.3 is 0 Å². The second-order valence-electron chi connectivity index (χ2n) is 22.7. The Hall–Kier alpha value is -3.46. The van der Waals surface area contributed by atoms with Crippen molar-refractivity contribution in [2.75, 3.05) is 0 Å². The number of rotatable bonds is 3. The Kier molecular flexibility index (Phi) is 6.82. The standard InChI is InChI=1S/C52H59BO2/c1-49(2,3)37-10-12-43-41(22-37)53-42-23-38(50(4,5)6)11-13-44(42)55-46-21-36(20-45(54-43)48(46)53)47-39(51-24-30-14-31(25-51)16-32(15-30)26-51)8-7-9-40(47)52-27-33-17-34(28-52)19-35(18-33)29-52/h7-13,20-23,30-35H,14-19,24-29H2,1-6H3. The molecule has 8 fully saturated rings. The lowest BCUT2D eigenvalue weighted by Gasteiger charge is -2.59. The Labute approximate surface area is 330 Å². The zero-order chi connectivity index (χ0) is 37.2. The highest BCUT2D eigenvalue weighted by Crippen LogP contribution is 2.65. The van der Waals surface area contributed by atoms with Gasteiger partial charge in [0.25, 0.3) is 6.71 Å². The van der Waals surface area contributed by atoms with E-state index in [2.05, 4.69) is 108 Å². The van der Waals surface area contributed by atoms with Gasteiger partial charge in [-0.25, -0.2) is 0 Å². The van der Waals surface area contributed by atoms with Gasteiger partial charge in [0.2, 0.25) is 0 Å². The van der Waals surface area contributed by atoms with E-state index in [1.54, 1.807) is 16.7 Å². The Morgan fingerprint density at radius 3 is 1.24 bits per heavy atom. The Bertz CT molecular complexity index is 2060. The molecule has 0 aromatic heterocycles. The van der Waals surface area contributed by atoms with Gasteiger partial charge < -0.3 is 9.47 Å². The Balaban J connectivity index is 1.09. The molecule has 2 heterocycles. The van der Waals surface area contributed by atoms with Crippen LogP contribution >= 0.6 is 0 Å². The quantitative estimate of drug-likeness (QED) is 0.169. The fourth-order valence-corrected chi connectivity index (χ4v) is 15.2. The van der Waals surface area contributed by atoms with E-state index < -0.39 is 0 Å². The molecule has 4 aromatic rings. The topological polar surface area (TPSA) is 18.5 Å². The zero-order valence-electron chi connectivity index (χ0n) is 34.2. The average molecular weight is 727 g/mol. The van der Waals surface area contributed by atoms with Crippen LogP contribution in [-0.4, -0.2) is 6.71 Å². The fourth-order valence-electron chi connectivity index (χ4n) is 15.2. The molecule has 2 nitrogen and oxygen atoms in total. The van der Waals surface area contributed by atoms with Crippen molar-refractivity contribution in [2.24, 2.45) is 35.5 Å². The molecule has 8 aliphatic carbocycles. The first kappa shape index (κ1) is 33.7. The minimum absolute atomic E-state index is 0.0396. The normalized spacial score (nSPS) is 33.2. The number of hydrogen-bond acceptors (Lipinski definition) is 2. The fraction of sp³-hybridized carbons (Fsp3) is 0.538. The van der Waals surface area contributed by atoms with Crippen LogP contribution in [0.15, 0.2) is 66.7 Å². The van der Waals surface area contributed by atoms with Crippen molar-refractivity contribution in [3.05, 3.63) is 89.0 Å². The molecule has 0 amide bonds. The zero-order valence-corrected chi connectivity index (χ0v) is 34.2. The minimum atomic E-state index is 0.0396. The average Bonchev–Trinajstić information content (AvgIpc) is 3.12. The third kappa shape index (κ3) is 4.99. The molecule has 0 saturated heterocycles. The number of ether oxygens (including phenoxy) is 2. The van der Waals surface area contributed by atoms with Gasteiger partial charge in [0.15, 0.2) is 0 Å². The molecule has 0 unspecified atom stereocenters. The van der Waals surface area contributed by atoms with Crippen molar-refractivity contribution in [1.29, 1.82) is 0 Å². The highest BCUT2D eigenvalue weighted by molar-refractivity contribution is 6.98. The molecule has 55 heavy (non-hydrogen) atoms. The van der Waals surface area contributed by atoms with E-state index in [1.807, 2.05) is 0 Å². The highest BCUT2D eigenvalue weighted by Gasteiger charge is 2.56. The monoisotopic (exact) mass is 726 g/mol. The summed E-state index contributed by atoms with van der Waals surface area (Å²) in [5.41, 5.74) is 13.4. The minimum Gasteiger partial charge on any atom is -0.458 e. The lowest BCUT2D eigenvalue weighted by Crippen LogP contribution is -2.57. The van der Waals surface area contributed by atoms with Crippen LogP contribution in [0.4, 0.5) is 0 Å². The summed E-state index contributed by atoms with van der Waals surface area (Å²) in [6.07, 6.45) is 17.2. The van der Waals surface area contributed by atoms with E-state index >= 15 is 0 Å². The first-order valence-corrected chi connectivity index (χ1v) is 22.3. The summed E-state index contributed by atoms with van der Waals surface area (Å²) in [7, 11) is 0. The summed E-state index contributed by atoms with van der Waals surface area (Å²) >= 11 is 0.